The minimum atomic E-state index is -0.0196. The third kappa shape index (κ3) is 3.09. The Labute approximate surface area is 108 Å². The van der Waals surface area contributed by atoms with E-state index >= 15 is 0 Å². The van der Waals surface area contributed by atoms with Crippen molar-refractivity contribution in [3.05, 3.63) is 29.3 Å². The predicted molar refractivity (Wildman–Crippen MR) is 73.6 cm³/mol. The van der Waals surface area contributed by atoms with Crippen molar-refractivity contribution in [2.45, 2.75) is 32.2 Å². The lowest BCUT2D eigenvalue weighted by Gasteiger charge is -2.24. The molecule has 4 N–H and O–H groups in total. The highest BCUT2D eigenvalue weighted by atomic mass is 16.1. The molecule has 0 bridgehead atoms. The van der Waals surface area contributed by atoms with Crippen LogP contribution in [0.4, 0.5) is 5.69 Å². The third-order valence-corrected chi connectivity index (χ3v) is 3.32. The molecule has 4 nitrogen and oxygen atoms in total. The van der Waals surface area contributed by atoms with Gasteiger partial charge in [0.2, 0.25) is 5.91 Å². The van der Waals surface area contributed by atoms with E-state index in [1.54, 1.807) is 0 Å². The number of hydrogen-bond donors (Lipinski definition) is 3. The van der Waals surface area contributed by atoms with Crippen molar-refractivity contribution in [1.82, 2.24) is 5.32 Å². The number of carbonyl (C=O) groups is 1. The van der Waals surface area contributed by atoms with E-state index < -0.39 is 0 Å². The van der Waals surface area contributed by atoms with Gasteiger partial charge in [-0.15, -0.1) is 0 Å². The molecule has 0 radical (unpaired) electrons. The first-order chi connectivity index (χ1) is 8.50. The molecule has 0 aliphatic carbocycles. The lowest BCUT2D eigenvalue weighted by molar-refractivity contribution is -0.115. The van der Waals surface area contributed by atoms with Crippen molar-refractivity contribution in [3.8, 4) is 0 Å². The maximum absolute atomic E-state index is 11.3. The zero-order valence-electron chi connectivity index (χ0n) is 11.0. The molecule has 4 heteroatoms. The second-order valence-electron chi connectivity index (χ2n) is 5.48. The summed E-state index contributed by atoms with van der Waals surface area (Å²) in [7, 11) is 0. The quantitative estimate of drug-likeness (QED) is 0.728. The smallest absolute Gasteiger partial charge is 0.228 e. The highest BCUT2D eigenvalue weighted by Crippen LogP contribution is 2.23. The van der Waals surface area contributed by atoms with Gasteiger partial charge in [-0.05, 0) is 44.0 Å². The average molecular weight is 247 g/mol. The molecule has 0 atom stereocenters. The predicted octanol–water partition coefficient (Wildman–Crippen LogP) is 1.05. The number of amides is 1. The molecule has 0 fully saturated rings. The van der Waals surface area contributed by atoms with E-state index in [0.717, 1.165) is 24.2 Å². The molecule has 1 aromatic rings. The van der Waals surface area contributed by atoms with E-state index in [1.807, 2.05) is 6.07 Å². The summed E-state index contributed by atoms with van der Waals surface area (Å²) >= 11 is 0. The fourth-order valence-corrected chi connectivity index (χ4v) is 2.06. The van der Waals surface area contributed by atoms with E-state index in [0.29, 0.717) is 13.0 Å². The van der Waals surface area contributed by atoms with Crippen LogP contribution in [0, 0.1) is 0 Å². The molecule has 0 saturated carbocycles. The maximum atomic E-state index is 11.3. The number of nitrogens with one attached hydrogen (secondary N) is 2. The largest absolute Gasteiger partial charge is 0.329 e. The molecule has 0 spiro atoms. The van der Waals surface area contributed by atoms with Crippen molar-refractivity contribution < 1.29 is 4.79 Å². The van der Waals surface area contributed by atoms with Gasteiger partial charge in [0.25, 0.3) is 0 Å². The van der Waals surface area contributed by atoms with Gasteiger partial charge in [0.05, 0.1) is 6.42 Å². The summed E-state index contributed by atoms with van der Waals surface area (Å²) in [6.45, 7) is 5.70. The molecule has 2 rings (SSSR count). The monoisotopic (exact) mass is 247 g/mol. The molecule has 98 valence electrons. The molecule has 0 saturated heterocycles. The van der Waals surface area contributed by atoms with Crippen molar-refractivity contribution in [2.24, 2.45) is 5.73 Å². The molecule has 0 unspecified atom stereocenters. The molecule has 1 aromatic carbocycles. The van der Waals surface area contributed by atoms with Gasteiger partial charge < -0.3 is 16.4 Å². The Kier molecular flexibility index (Phi) is 3.68. The second kappa shape index (κ2) is 5.08. The summed E-state index contributed by atoms with van der Waals surface area (Å²) in [4.78, 5) is 11.3. The van der Waals surface area contributed by atoms with Gasteiger partial charge in [0.15, 0.2) is 0 Å². The van der Waals surface area contributed by atoms with Gasteiger partial charge in [0.1, 0.15) is 0 Å². The fourth-order valence-electron chi connectivity index (χ4n) is 2.06. The van der Waals surface area contributed by atoms with Gasteiger partial charge in [-0.2, -0.15) is 0 Å². The topological polar surface area (TPSA) is 67.1 Å². The zero-order chi connectivity index (χ0) is 13.2. The fraction of sp³-hybridized carbons (Fsp3) is 0.500. The Balaban J connectivity index is 1.92. The first kappa shape index (κ1) is 13.1. The minimum absolute atomic E-state index is 0.0196. The average Bonchev–Trinajstić information content (AvgIpc) is 2.68. The summed E-state index contributed by atoms with van der Waals surface area (Å²) in [5.74, 6) is 0.0875. The summed E-state index contributed by atoms with van der Waals surface area (Å²) in [5, 5.41) is 6.27. The van der Waals surface area contributed by atoms with E-state index in [1.165, 1.54) is 5.56 Å². The van der Waals surface area contributed by atoms with E-state index in [2.05, 4.69) is 36.6 Å². The maximum Gasteiger partial charge on any atom is 0.228 e. The summed E-state index contributed by atoms with van der Waals surface area (Å²) in [5.41, 5.74) is 8.97. The third-order valence-electron chi connectivity index (χ3n) is 3.32. The van der Waals surface area contributed by atoms with Crippen molar-refractivity contribution in [3.63, 3.8) is 0 Å². The number of hydrogen-bond acceptors (Lipinski definition) is 3. The van der Waals surface area contributed by atoms with E-state index in [4.69, 9.17) is 5.73 Å². The molecular formula is C14H21N3O. The molecule has 1 aliphatic rings. The van der Waals surface area contributed by atoms with Crippen LogP contribution in [-0.4, -0.2) is 24.5 Å². The molecule has 1 heterocycles. The number of anilines is 1. The van der Waals surface area contributed by atoms with Crippen LogP contribution in [0.25, 0.3) is 0 Å². The number of benzene rings is 1. The second-order valence-corrected chi connectivity index (χ2v) is 5.48. The highest BCUT2D eigenvalue weighted by molar-refractivity contribution is 5.99. The summed E-state index contributed by atoms with van der Waals surface area (Å²) in [6, 6.07) is 6.18. The number of fused-ring (bicyclic) bond motifs is 1. The molecular weight excluding hydrogens is 226 g/mol. The Morgan fingerprint density at radius 3 is 2.94 bits per heavy atom. The Morgan fingerprint density at radius 1 is 1.44 bits per heavy atom. The van der Waals surface area contributed by atoms with Crippen LogP contribution in [0.5, 0.6) is 0 Å². The lowest BCUT2D eigenvalue weighted by atomic mass is 10.0. The van der Waals surface area contributed by atoms with E-state index in [-0.39, 0.29) is 11.4 Å². The lowest BCUT2D eigenvalue weighted by Crippen LogP contribution is -2.46. The SMILES string of the molecule is CC(C)(CN)NCCc1ccc2c(c1)CC(=O)N2. The standard InChI is InChI=1S/C14H21N3O/c1-14(2,9-15)16-6-5-10-3-4-12-11(7-10)8-13(18)17-12/h3-4,7,16H,5-6,8-9,15H2,1-2H3,(H,17,18). The number of rotatable bonds is 5. The number of carbonyl (C=O) groups excluding carboxylic acids is 1. The molecule has 1 amide bonds. The van der Waals surface area contributed by atoms with E-state index in [9.17, 15) is 4.79 Å². The van der Waals surface area contributed by atoms with Crippen molar-refractivity contribution in [2.75, 3.05) is 18.4 Å². The van der Waals surface area contributed by atoms with Crippen LogP contribution < -0.4 is 16.4 Å². The van der Waals surface area contributed by atoms with Crippen molar-refractivity contribution in [1.29, 1.82) is 0 Å². The Bertz CT molecular complexity index is 454. The molecule has 1 aliphatic heterocycles. The zero-order valence-corrected chi connectivity index (χ0v) is 11.0. The van der Waals surface area contributed by atoms with Gasteiger partial charge >= 0.3 is 0 Å². The van der Waals surface area contributed by atoms with Crippen LogP contribution in [0.3, 0.4) is 0 Å². The van der Waals surface area contributed by atoms with Crippen molar-refractivity contribution >= 4 is 11.6 Å². The van der Waals surface area contributed by atoms with Gasteiger partial charge in [-0.3, -0.25) is 4.79 Å². The van der Waals surface area contributed by atoms with Gasteiger partial charge in [-0.1, -0.05) is 12.1 Å². The van der Waals surface area contributed by atoms with Crippen LogP contribution >= 0.6 is 0 Å². The van der Waals surface area contributed by atoms with Crippen LogP contribution in [0.15, 0.2) is 18.2 Å². The summed E-state index contributed by atoms with van der Waals surface area (Å²) in [6.07, 6.45) is 1.45. The van der Waals surface area contributed by atoms with Gasteiger partial charge in [0, 0.05) is 17.8 Å². The first-order valence-corrected chi connectivity index (χ1v) is 6.37. The van der Waals surface area contributed by atoms with Crippen LogP contribution in [-0.2, 0) is 17.6 Å². The van der Waals surface area contributed by atoms with Crippen LogP contribution in [0.2, 0.25) is 0 Å². The minimum Gasteiger partial charge on any atom is -0.329 e. The van der Waals surface area contributed by atoms with Crippen LogP contribution in [0.1, 0.15) is 25.0 Å². The number of nitrogens with two attached hydrogens (primary N) is 1. The summed E-state index contributed by atoms with van der Waals surface area (Å²) < 4.78 is 0. The highest BCUT2D eigenvalue weighted by Gasteiger charge is 2.17. The Morgan fingerprint density at radius 2 is 2.22 bits per heavy atom. The van der Waals surface area contributed by atoms with Gasteiger partial charge in [-0.25, -0.2) is 0 Å². The molecule has 0 aromatic heterocycles. The molecule has 18 heavy (non-hydrogen) atoms. The first-order valence-electron chi connectivity index (χ1n) is 6.37. The Hall–Kier alpha value is -1.39. The normalized spacial score (nSPS) is 14.5.